The molecule has 1 aliphatic carbocycles. The van der Waals surface area contributed by atoms with Gasteiger partial charge in [-0.1, -0.05) is 31.2 Å². The van der Waals surface area contributed by atoms with Crippen LogP contribution in [-0.2, 0) is 16.0 Å². The molecular weight excluding hydrogens is 216 g/mol. The normalized spacial score (nSPS) is 25.5. The van der Waals surface area contributed by atoms with Crippen LogP contribution in [0.5, 0.6) is 0 Å². The summed E-state index contributed by atoms with van der Waals surface area (Å²) in [5.74, 6) is -0.248. The fraction of sp³-hybridized carbons (Fsp3) is 0.385. The van der Waals surface area contributed by atoms with E-state index in [1.165, 1.54) is 10.6 Å². The molecule has 0 spiro atoms. The summed E-state index contributed by atoms with van der Waals surface area (Å²) in [6.45, 7) is 1.81. The molecular formula is C13H14N2O2. The van der Waals surface area contributed by atoms with Gasteiger partial charge in [0.25, 0.3) is 0 Å². The lowest BCUT2D eigenvalue weighted by Gasteiger charge is -2.21. The molecule has 1 heterocycles. The number of benzene rings is 1. The van der Waals surface area contributed by atoms with Gasteiger partial charge in [0.15, 0.2) is 0 Å². The number of rotatable bonds is 1. The first-order valence-electron chi connectivity index (χ1n) is 5.92. The molecule has 4 nitrogen and oxygen atoms in total. The highest BCUT2D eigenvalue weighted by Crippen LogP contribution is 2.39. The minimum atomic E-state index is -0.179. The number of nitrogens with zero attached hydrogens (tertiary/aromatic N) is 1. The fourth-order valence-corrected chi connectivity index (χ4v) is 2.82. The largest absolute Gasteiger partial charge is 0.273 e. The fourth-order valence-electron chi connectivity index (χ4n) is 2.82. The molecule has 2 atom stereocenters. The molecule has 88 valence electrons. The van der Waals surface area contributed by atoms with E-state index in [0.717, 1.165) is 12.0 Å². The summed E-state index contributed by atoms with van der Waals surface area (Å²) in [7, 11) is 0. The van der Waals surface area contributed by atoms with Crippen molar-refractivity contribution in [3.8, 4) is 0 Å². The molecule has 17 heavy (non-hydrogen) atoms. The summed E-state index contributed by atoms with van der Waals surface area (Å²) >= 11 is 0. The number of hydrogen-bond acceptors (Lipinski definition) is 2. The smallest absolute Gasteiger partial charge is 0.248 e. The van der Waals surface area contributed by atoms with Gasteiger partial charge in [0.2, 0.25) is 11.8 Å². The van der Waals surface area contributed by atoms with Crippen LogP contribution in [0, 0.1) is 0 Å². The van der Waals surface area contributed by atoms with E-state index in [-0.39, 0.29) is 23.8 Å². The van der Waals surface area contributed by atoms with Crippen LogP contribution in [-0.4, -0.2) is 22.9 Å². The van der Waals surface area contributed by atoms with E-state index in [0.29, 0.717) is 6.42 Å². The van der Waals surface area contributed by atoms with Gasteiger partial charge >= 0.3 is 0 Å². The molecule has 0 aromatic heterocycles. The van der Waals surface area contributed by atoms with Gasteiger partial charge in [0, 0.05) is 6.42 Å². The van der Waals surface area contributed by atoms with Crippen LogP contribution in [0.25, 0.3) is 0 Å². The summed E-state index contributed by atoms with van der Waals surface area (Å²) in [4.78, 5) is 23.7. The zero-order valence-electron chi connectivity index (χ0n) is 9.64. The lowest BCUT2D eigenvalue weighted by Crippen LogP contribution is -2.43. The van der Waals surface area contributed by atoms with Gasteiger partial charge in [-0.25, -0.2) is 5.01 Å². The van der Waals surface area contributed by atoms with E-state index < -0.39 is 0 Å². The van der Waals surface area contributed by atoms with Crippen LogP contribution < -0.4 is 5.43 Å². The average Bonchev–Trinajstić information content (AvgIpc) is 2.86. The maximum Gasteiger partial charge on any atom is 0.248 e. The Balaban J connectivity index is 1.99. The summed E-state index contributed by atoms with van der Waals surface area (Å²) in [6, 6.07) is 7.91. The molecule has 0 saturated carbocycles. The third kappa shape index (κ3) is 1.37. The van der Waals surface area contributed by atoms with Crippen molar-refractivity contribution in [3.63, 3.8) is 0 Å². The Bertz CT molecular complexity index is 498. The Kier molecular flexibility index (Phi) is 2.18. The molecule has 2 aliphatic rings. The van der Waals surface area contributed by atoms with Crippen molar-refractivity contribution in [1.29, 1.82) is 0 Å². The van der Waals surface area contributed by atoms with Gasteiger partial charge in [0.05, 0.1) is 12.0 Å². The maximum atomic E-state index is 11.9. The van der Waals surface area contributed by atoms with E-state index in [4.69, 9.17) is 0 Å². The average molecular weight is 230 g/mol. The van der Waals surface area contributed by atoms with E-state index in [1.807, 2.05) is 31.2 Å². The van der Waals surface area contributed by atoms with Crippen LogP contribution in [0.1, 0.15) is 30.4 Å². The van der Waals surface area contributed by atoms with Crippen molar-refractivity contribution in [1.82, 2.24) is 10.4 Å². The van der Waals surface area contributed by atoms with E-state index in [9.17, 15) is 9.59 Å². The second-order valence-electron chi connectivity index (χ2n) is 4.54. The van der Waals surface area contributed by atoms with Crippen molar-refractivity contribution in [2.24, 2.45) is 0 Å². The number of carbonyl (C=O) groups excluding carboxylic acids is 2. The van der Waals surface area contributed by atoms with Gasteiger partial charge in [-0.3, -0.25) is 15.0 Å². The second kappa shape index (κ2) is 3.58. The van der Waals surface area contributed by atoms with E-state index in [1.54, 1.807) is 0 Å². The van der Waals surface area contributed by atoms with Gasteiger partial charge in [0.1, 0.15) is 0 Å². The number of nitrogens with one attached hydrogen (secondary N) is 1. The lowest BCUT2D eigenvalue weighted by atomic mass is 9.99. The predicted molar refractivity (Wildman–Crippen MR) is 62.0 cm³/mol. The Labute approximate surface area is 99.6 Å². The van der Waals surface area contributed by atoms with Gasteiger partial charge in [-0.05, 0) is 17.5 Å². The van der Waals surface area contributed by atoms with Crippen LogP contribution in [0.15, 0.2) is 24.3 Å². The molecule has 4 heteroatoms. The standard InChI is InChI=1S/C13H14N2O2/c1-2-11(16)15-10-7-8-5-3-4-6-9(8)12(10)13(17)14-15/h3-6,10,12H,2,7H2,1H3,(H,14,17). The Morgan fingerprint density at radius 2 is 2.24 bits per heavy atom. The minimum Gasteiger partial charge on any atom is -0.273 e. The highest BCUT2D eigenvalue weighted by molar-refractivity contribution is 5.92. The van der Waals surface area contributed by atoms with Crippen LogP contribution in [0.4, 0.5) is 0 Å². The Morgan fingerprint density at radius 3 is 3.00 bits per heavy atom. The molecule has 2 amide bonds. The summed E-state index contributed by atoms with van der Waals surface area (Å²) in [5.41, 5.74) is 4.95. The van der Waals surface area contributed by atoms with Gasteiger partial charge in [-0.15, -0.1) is 0 Å². The SMILES string of the molecule is CCC(=O)N1NC(=O)C2c3ccccc3CC21. The quantitative estimate of drug-likeness (QED) is 0.781. The minimum absolute atomic E-state index is 0.0151. The monoisotopic (exact) mass is 230 g/mol. The van der Waals surface area contributed by atoms with Crippen molar-refractivity contribution < 1.29 is 9.59 Å². The van der Waals surface area contributed by atoms with Crippen molar-refractivity contribution >= 4 is 11.8 Å². The third-order valence-electron chi connectivity index (χ3n) is 3.62. The summed E-state index contributed by atoms with van der Waals surface area (Å²) in [5, 5.41) is 1.52. The first kappa shape index (κ1) is 10.3. The molecule has 1 aliphatic heterocycles. The number of amides is 2. The molecule has 1 N–H and O–H groups in total. The van der Waals surface area contributed by atoms with E-state index in [2.05, 4.69) is 5.43 Å². The third-order valence-corrected chi connectivity index (χ3v) is 3.62. The van der Waals surface area contributed by atoms with Crippen LogP contribution in [0.2, 0.25) is 0 Å². The first-order valence-corrected chi connectivity index (χ1v) is 5.92. The molecule has 3 rings (SSSR count). The zero-order valence-corrected chi connectivity index (χ0v) is 9.64. The van der Waals surface area contributed by atoms with E-state index >= 15 is 0 Å². The molecule has 1 aromatic carbocycles. The molecule has 0 bridgehead atoms. The van der Waals surface area contributed by atoms with Gasteiger partial charge in [-0.2, -0.15) is 0 Å². The topological polar surface area (TPSA) is 49.4 Å². The summed E-state index contributed by atoms with van der Waals surface area (Å²) < 4.78 is 0. The highest BCUT2D eigenvalue weighted by Gasteiger charge is 2.48. The number of carbonyl (C=O) groups is 2. The highest BCUT2D eigenvalue weighted by atomic mass is 16.2. The molecule has 0 radical (unpaired) electrons. The van der Waals surface area contributed by atoms with Crippen molar-refractivity contribution in [2.45, 2.75) is 31.7 Å². The second-order valence-corrected chi connectivity index (χ2v) is 4.54. The number of hydrogen-bond donors (Lipinski definition) is 1. The lowest BCUT2D eigenvalue weighted by molar-refractivity contribution is -0.137. The molecule has 1 aromatic rings. The molecule has 2 unspecified atom stereocenters. The maximum absolute atomic E-state index is 11.9. The van der Waals surface area contributed by atoms with Gasteiger partial charge < -0.3 is 0 Å². The van der Waals surface area contributed by atoms with Crippen LogP contribution in [0.3, 0.4) is 0 Å². The van der Waals surface area contributed by atoms with Crippen molar-refractivity contribution in [2.75, 3.05) is 0 Å². The first-order chi connectivity index (χ1) is 8.22. The zero-order chi connectivity index (χ0) is 12.0. The van der Waals surface area contributed by atoms with Crippen LogP contribution >= 0.6 is 0 Å². The molecule has 1 saturated heterocycles. The summed E-state index contributed by atoms with van der Waals surface area (Å²) in [6.07, 6.45) is 1.19. The Hall–Kier alpha value is -1.84. The molecule has 1 fully saturated rings. The van der Waals surface area contributed by atoms with Crippen molar-refractivity contribution in [3.05, 3.63) is 35.4 Å². The Morgan fingerprint density at radius 1 is 1.47 bits per heavy atom. The predicted octanol–water partition coefficient (Wildman–Crippen LogP) is 0.978. The number of hydrazine groups is 1. The number of fused-ring (bicyclic) bond motifs is 3.